The van der Waals surface area contributed by atoms with Crippen LogP contribution in [0.25, 0.3) is 6.08 Å². The molecule has 3 rings (SSSR count). The Kier molecular flexibility index (Phi) is 10.3. The Morgan fingerprint density at radius 2 is 1.95 bits per heavy atom. The van der Waals surface area contributed by atoms with Crippen molar-refractivity contribution in [3.63, 3.8) is 0 Å². The molecule has 2 aliphatic heterocycles. The Balaban J connectivity index is 2.02. The first kappa shape index (κ1) is 29.9. The lowest BCUT2D eigenvalue weighted by Crippen LogP contribution is -2.60. The van der Waals surface area contributed by atoms with E-state index < -0.39 is 30.1 Å². The second kappa shape index (κ2) is 13.5. The zero-order chi connectivity index (χ0) is 28.7. The fourth-order valence-corrected chi connectivity index (χ4v) is 4.86. The van der Waals surface area contributed by atoms with E-state index in [-0.39, 0.29) is 42.6 Å². The molecule has 2 aliphatic rings. The van der Waals surface area contributed by atoms with Gasteiger partial charge >= 0.3 is 0 Å². The van der Waals surface area contributed by atoms with Gasteiger partial charge in [0.05, 0.1) is 13.7 Å². The highest BCUT2D eigenvalue weighted by molar-refractivity contribution is 5.95. The van der Waals surface area contributed by atoms with Gasteiger partial charge in [-0.05, 0) is 43.2 Å². The van der Waals surface area contributed by atoms with Gasteiger partial charge in [-0.3, -0.25) is 19.2 Å². The number of benzene rings is 1. The van der Waals surface area contributed by atoms with Gasteiger partial charge in [-0.2, -0.15) is 0 Å². The molecule has 0 saturated carbocycles. The summed E-state index contributed by atoms with van der Waals surface area (Å²) in [6, 6.07) is 2.60. The van der Waals surface area contributed by atoms with E-state index in [2.05, 4.69) is 21.3 Å². The molecule has 0 aromatic heterocycles. The molecule has 4 amide bonds. The third kappa shape index (κ3) is 7.08. The Morgan fingerprint density at radius 3 is 2.59 bits per heavy atom. The molecule has 1 aromatic rings. The maximum Gasteiger partial charge on any atom is 0.247 e. The molecule has 39 heavy (non-hydrogen) atoms. The second-order valence-corrected chi connectivity index (χ2v) is 10.4. The van der Waals surface area contributed by atoms with Gasteiger partial charge in [-0.1, -0.05) is 34.1 Å². The lowest BCUT2D eigenvalue weighted by Gasteiger charge is -2.33. The van der Waals surface area contributed by atoms with Crippen molar-refractivity contribution in [1.82, 2.24) is 26.2 Å². The molecule has 11 heteroatoms. The number of hydrogen-bond acceptors (Lipinski definition) is 7. The summed E-state index contributed by atoms with van der Waals surface area (Å²) in [6.45, 7) is 7.82. The van der Waals surface area contributed by atoms with E-state index in [0.29, 0.717) is 29.9 Å². The minimum Gasteiger partial charge on any atom is -0.496 e. The second-order valence-electron chi connectivity index (χ2n) is 10.4. The fraction of sp³-hybridized carbons (Fsp3) is 0.571. The third-order valence-electron chi connectivity index (χ3n) is 7.25. The Labute approximate surface area is 230 Å². The van der Waals surface area contributed by atoms with Crippen molar-refractivity contribution in [3.8, 4) is 11.5 Å². The van der Waals surface area contributed by atoms with E-state index >= 15 is 0 Å². The molecular formula is C28H41N5O6. The summed E-state index contributed by atoms with van der Waals surface area (Å²) in [5, 5.41) is 11.2. The number of methoxy groups -OCH3 is 1. The smallest absolute Gasteiger partial charge is 0.247 e. The zero-order valence-corrected chi connectivity index (χ0v) is 23.6. The predicted octanol–water partition coefficient (Wildman–Crippen LogP) is 1.04. The van der Waals surface area contributed by atoms with Gasteiger partial charge in [0, 0.05) is 24.7 Å². The van der Waals surface area contributed by atoms with Gasteiger partial charge in [-0.15, -0.1) is 0 Å². The molecule has 0 aliphatic carbocycles. The fourth-order valence-electron chi connectivity index (χ4n) is 4.86. The third-order valence-corrected chi connectivity index (χ3v) is 7.25. The average Bonchev–Trinajstić information content (AvgIpc) is 3.32. The highest BCUT2D eigenvalue weighted by Gasteiger charge is 2.47. The minimum absolute atomic E-state index is 0.0612. The number of amides is 4. The van der Waals surface area contributed by atoms with Gasteiger partial charge in [0.25, 0.3) is 0 Å². The number of nitrogens with one attached hydrogen (secondary N) is 4. The number of carbonyl (C=O) groups excluding carboxylic acids is 4. The summed E-state index contributed by atoms with van der Waals surface area (Å²) in [5.74, 6) is -0.827. The maximum absolute atomic E-state index is 13.8. The van der Waals surface area contributed by atoms with Crippen molar-refractivity contribution in [3.05, 3.63) is 30.0 Å². The van der Waals surface area contributed by atoms with Crippen LogP contribution in [0.5, 0.6) is 11.5 Å². The van der Waals surface area contributed by atoms with Gasteiger partial charge in [0.1, 0.15) is 35.7 Å². The number of rotatable bonds is 8. The van der Waals surface area contributed by atoms with Crippen LogP contribution in [0.15, 0.2) is 24.4 Å². The van der Waals surface area contributed by atoms with Crippen LogP contribution in [0, 0.1) is 11.8 Å². The molecule has 0 unspecified atom stereocenters. The summed E-state index contributed by atoms with van der Waals surface area (Å²) >= 11 is 0. The molecule has 2 heterocycles. The van der Waals surface area contributed by atoms with Crippen molar-refractivity contribution in [2.24, 2.45) is 11.8 Å². The van der Waals surface area contributed by atoms with Gasteiger partial charge in [-0.25, -0.2) is 0 Å². The topological polar surface area (TPSA) is 138 Å². The molecular weight excluding hydrogens is 502 g/mol. The van der Waals surface area contributed by atoms with Crippen molar-refractivity contribution >= 4 is 29.7 Å². The van der Waals surface area contributed by atoms with Gasteiger partial charge < -0.3 is 35.6 Å². The lowest BCUT2D eigenvalue weighted by molar-refractivity contribution is -0.144. The summed E-state index contributed by atoms with van der Waals surface area (Å²) in [6.07, 6.45) is 3.61. The van der Waals surface area contributed by atoms with E-state index in [1.807, 2.05) is 27.7 Å². The van der Waals surface area contributed by atoms with Crippen LogP contribution < -0.4 is 30.7 Å². The number of likely N-dealkylation sites (tertiary alicyclic amines) is 1. The summed E-state index contributed by atoms with van der Waals surface area (Å²) in [5.41, 5.74) is 0.684. The first-order valence-corrected chi connectivity index (χ1v) is 13.5. The average molecular weight is 544 g/mol. The number of carbonyl (C=O) groups is 4. The summed E-state index contributed by atoms with van der Waals surface area (Å²) in [4.78, 5) is 54.6. The zero-order valence-electron chi connectivity index (χ0n) is 23.6. The quantitative estimate of drug-likeness (QED) is 0.384. The van der Waals surface area contributed by atoms with Gasteiger partial charge in [0.2, 0.25) is 23.6 Å². The van der Waals surface area contributed by atoms with E-state index in [4.69, 9.17) is 9.47 Å². The molecule has 1 saturated heterocycles. The largest absolute Gasteiger partial charge is 0.496 e. The van der Waals surface area contributed by atoms with Crippen molar-refractivity contribution in [2.75, 3.05) is 27.2 Å². The molecule has 5 atom stereocenters. The first-order valence-electron chi connectivity index (χ1n) is 13.5. The van der Waals surface area contributed by atoms with Crippen LogP contribution in [-0.2, 0) is 19.2 Å². The van der Waals surface area contributed by atoms with E-state index in [1.165, 1.54) is 11.1 Å². The highest BCUT2D eigenvalue weighted by atomic mass is 16.5. The van der Waals surface area contributed by atoms with E-state index in [9.17, 15) is 19.2 Å². The van der Waals surface area contributed by atoms with E-state index in [0.717, 1.165) is 0 Å². The standard InChI is InChI=1S/C28H41N5O6/c1-7-17(4)24-26(35)30-12-10-18-14-19(8-9-20(18)38-6)39-21-11-13-33(25(21)27(36)32-24)28(37)23(16(2)3)31-22(34)15-29-5/h8-10,12,14,16-17,21,23-25,29H,7,11,13,15H2,1-6H3,(H,30,35)(H,31,34)(H,32,36)/b12-10-/t17-,21-,23-,24-,25-/m0/s1. The molecule has 214 valence electrons. The van der Waals surface area contributed by atoms with Crippen molar-refractivity contribution in [2.45, 2.75) is 64.8 Å². The monoisotopic (exact) mass is 543 g/mol. The minimum atomic E-state index is -1.00. The maximum atomic E-state index is 13.8. The molecule has 1 aromatic carbocycles. The number of hydrogen-bond donors (Lipinski definition) is 4. The molecule has 1 fully saturated rings. The first-order chi connectivity index (χ1) is 18.6. The van der Waals surface area contributed by atoms with Crippen LogP contribution in [0.2, 0.25) is 0 Å². The van der Waals surface area contributed by atoms with Crippen LogP contribution in [0.3, 0.4) is 0 Å². The molecule has 0 spiro atoms. The van der Waals surface area contributed by atoms with Gasteiger partial charge in [0.15, 0.2) is 0 Å². The SMILES string of the molecule is CC[C@H](C)[C@@H]1NC(=O)[C@@H]2[C@H](CCN2C(=O)[C@@H](NC(=O)CNC)C(C)C)Oc2ccc(OC)c(c2)/C=C\NC1=O. The Hall–Kier alpha value is -3.60. The van der Waals surface area contributed by atoms with Crippen LogP contribution in [0.4, 0.5) is 0 Å². The number of likely N-dealkylation sites (N-methyl/N-ethyl adjacent to an activating group) is 1. The van der Waals surface area contributed by atoms with Crippen molar-refractivity contribution in [1.29, 1.82) is 0 Å². The Bertz CT molecular complexity index is 1090. The number of ether oxygens (including phenoxy) is 2. The molecule has 2 bridgehead atoms. The highest BCUT2D eigenvalue weighted by Crippen LogP contribution is 2.30. The number of nitrogens with zero attached hydrogens (tertiary/aromatic N) is 1. The summed E-state index contributed by atoms with van der Waals surface area (Å²) in [7, 11) is 3.20. The Morgan fingerprint density at radius 1 is 1.21 bits per heavy atom. The molecule has 4 N–H and O–H groups in total. The van der Waals surface area contributed by atoms with Crippen LogP contribution >= 0.6 is 0 Å². The molecule has 0 radical (unpaired) electrons. The predicted molar refractivity (Wildman–Crippen MR) is 147 cm³/mol. The van der Waals surface area contributed by atoms with E-state index in [1.54, 1.807) is 38.4 Å². The number of fused-ring (bicyclic) bond motifs is 3. The van der Waals surface area contributed by atoms with Crippen LogP contribution in [-0.4, -0.2) is 80.0 Å². The van der Waals surface area contributed by atoms with Crippen LogP contribution in [0.1, 0.15) is 46.1 Å². The lowest BCUT2D eigenvalue weighted by atomic mass is 9.97. The summed E-state index contributed by atoms with van der Waals surface area (Å²) < 4.78 is 11.8. The van der Waals surface area contributed by atoms with Crippen molar-refractivity contribution < 1.29 is 28.7 Å². The molecule has 11 nitrogen and oxygen atoms in total. The normalized spacial score (nSPS) is 23.6.